The van der Waals surface area contributed by atoms with Crippen molar-refractivity contribution in [2.75, 3.05) is 7.11 Å². The third-order valence-corrected chi connectivity index (χ3v) is 4.64. The first-order chi connectivity index (χ1) is 10.4. The lowest BCUT2D eigenvalue weighted by Crippen LogP contribution is -2.33. The summed E-state index contributed by atoms with van der Waals surface area (Å²) in [6, 6.07) is 14.8. The molecule has 0 spiro atoms. The second-order valence-corrected chi connectivity index (χ2v) is 6.46. The quantitative estimate of drug-likeness (QED) is 0.918. The number of rotatable bonds is 5. The Balaban J connectivity index is 2.18. The number of amides is 1. The molecule has 1 amide bonds. The highest BCUT2D eigenvalue weighted by molar-refractivity contribution is 7.90. The molecule has 0 fully saturated rings. The zero-order valence-corrected chi connectivity index (χ0v) is 13.1. The third-order valence-electron chi connectivity index (χ3n) is 3.28. The van der Waals surface area contributed by atoms with Crippen LogP contribution >= 0.6 is 0 Å². The van der Waals surface area contributed by atoms with Gasteiger partial charge in [0.1, 0.15) is 5.75 Å². The highest BCUT2D eigenvalue weighted by Gasteiger charge is 2.22. The molecule has 0 aliphatic heterocycles. The van der Waals surface area contributed by atoms with Crippen LogP contribution in [0.2, 0.25) is 0 Å². The van der Waals surface area contributed by atoms with Crippen LogP contribution < -0.4 is 9.46 Å². The van der Waals surface area contributed by atoms with E-state index in [0.29, 0.717) is 11.3 Å². The van der Waals surface area contributed by atoms with Crippen LogP contribution in [-0.2, 0) is 14.8 Å². The Morgan fingerprint density at radius 3 is 2.41 bits per heavy atom. The number of sulfonamides is 1. The molecule has 0 radical (unpaired) electrons. The number of nitrogens with one attached hydrogen (secondary N) is 1. The van der Waals surface area contributed by atoms with Crippen molar-refractivity contribution in [3.8, 4) is 5.75 Å². The number of carbonyl (C=O) groups excluding carboxylic acids is 1. The maximum atomic E-state index is 12.2. The molecule has 2 rings (SSSR count). The molecule has 0 aliphatic rings. The van der Waals surface area contributed by atoms with Gasteiger partial charge in [-0.2, -0.15) is 0 Å². The fourth-order valence-electron chi connectivity index (χ4n) is 1.94. The van der Waals surface area contributed by atoms with E-state index >= 15 is 0 Å². The van der Waals surface area contributed by atoms with Gasteiger partial charge >= 0.3 is 0 Å². The van der Waals surface area contributed by atoms with Crippen molar-refractivity contribution >= 4 is 15.9 Å². The van der Waals surface area contributed by atoms with Crippen LogP contribution in [0.5, 0.6) is 5.75 Å². The lowest BCUT2D eigenvalue weighted by molar-refractivity contribution is -0.120. The van der Waals surface area contributed by atoms with Crippen LogP contribution in [0.1, 0.15) is 18.4 Å². The standard InChI is InChI=1S/C16H17NO4S/c1-12(13-7-6-8-14(11-13)21-2)16(18)17-22(19,20)15-9-4-3-5-10-15/h3-12H,1-2H3,(H,17,18). The van der Waals surface area contributed by atoms with Gasteiger partial charge in [-0.1, -0.05) is 30.3 Å². The van der Waals surface area contributed by atoms with Crippen molar-refractivity contribution in [1.82, 2.24) is 4.72 Å². The fourth-order valence-corrected chi connectivity index (χ4v) is 3.02. The Hall–Kier alpha value is -2.34. The Morgan fingerprint density at radius 1 is 1.09 bits per heavy atom. The number of hydrogen-bond acceptors (Lipinski definition) is 4. The summed E-state index contributed by atoms with van der Waals surface area (Å²) >= 11 is 0. The molecule has 0 saturated carbocycles. The maximum absolute atomic E-state index is 12.2. The number of ether oxygens (including phenoxy) is 1. The van der Waals surface area contributed by atoms with Crippen molar-refractivity contribution < 1.29 is 17.9 Å². The zero-order chi connectivity index (χ0) is 16.2. The molecule has 0 aliphatic carbocycles. The molecule has 2 aromatic rings. The lowest BCUT2D eigenvalue weighted by atomic mass is 10.0. The van der Waals surface area contributed by atoms with Crippen LogP contribution in [0.15, 0.2) is 59.5 Å². The fraction of sp³-hybridized carbons (Fsp3) is 0.188. The molecule has 2 aromatic carbocycles. The first-order valence-corrected chi connectivity index (χ1v) is 8.18. The normalized spacial score (nSPS) is 12.5. The monoisotopic (exact) mass is 319 g/mol. The van der Waals surface area contributed by atoms with E-state index in [9.17, 15) is 13.2 Å². The van der Waals surface area contributed by atoms with Gasteiger partial charge in [-0.15, -0.1) is 0 Å². The maximum Gasteiger partial charge on any atom is 0.264 e. The van der Waals surface area contributed by atoms with Gasteiger partial charge in [0.2, 0.25) is 5.91 Å². The highest BCUT2D eigenvalue weighted by Crippen LogP contribution is 2.21. The first-order valence-electron chi connectivity index (χ1n) is 6.69. The second kappa shape index (κ2) is 6.62. The predicted molar refractivity (Wildman–Crippen MR) is 83.2 cm³/mol. The minimum Gasteiger partial charge on any atom is -0.497 e. The Labute approximate surface area is 130 Å². The van der Waals surface area contributed by atoms with Crippen LogP contribution in [0, 0.1) is 0 Å². The van der Waals surface area contributed by atoms with E-state index in [1.54, 1.807) is 49.4 Å². The van der Waals surface area contributed by atoms with Crippen molar-refractivity contribution in [2.45, 2.75) is 17.7 Å². The van der Waals surface area contributed by atoms with Crippen LogP contribution in [0.4, 0.5) is 0 Å². The van der Waals surface area contributed by atoms with Gasteiger partial charge < -0.3 is 4.74 Å². The van der Waals surface area contributed by atoms with E-state index in [1.807, 2.05) is 0 Å². The lowest BCUT2D eigenvalue weighted by Gasteiger charge is -2.13. The summed E-state index contributed by atoms with van der Waals surface area (Å²) in [7, 11) is -2.33. The highest BCUT2D eigenvalue weighted by atomic mass is 32.2. The Bertz CT molecular complexity index is 757. The van der Waals surface area contributed by atoms with E-state index in [1.165, 1.54) is 19.2 Å². The summed E-state index contributed by atoms with van der Waals surface area (Å²) in [5, 5.41) is 0. The molecule has 1 N–H and O–H groups in total. The average Bonchev–Trinajstić information content (AvgIpc) is 2.54. The SMILES string of the molecule is COc1cccc(C(C)C(=O)NS(=O)(=O)c2ccccc2)c1. The molecule has 5 nitrogen and oxygen atoms in total. The molecule has 116 valence electrons. The number of carbonyl (C=O) groups is 1. The molecule has 0 aromatic heterocycles. The molecular formula is C16H17NO4S. The van der Waals surface area contributed by atoms with E-state index in [2.05, 4.69) is 4.72 Å². The molecule has 1 unspecified atom stereocenters. The predicted octanol–water partition coefficient (Wildman–Crippen LogP) is 2.30. The van der Waals surface area contributed by atoms with Crippen molar-refractivity contribution in [3.63, 3.8) is 0 Å². The molecule has 0 bridgehead atoms. The van der Waals surface area contributed by atoms with E-state index in [0.717, 1.165) is 0 Å². The molecule has 6 heteroatoms. The zero-order valence-electron chi connectivity index (χ0n) is 12.3. The first kappa shape index (κ1) is 16.0. The topological polar surface area (TPSA) is 72.5 Å². The van der Waals surface area contributed by atoms with Crippen molar-refractivity contribution in [3.05, 3.63) is 60.2 Å². The van der Waals surface area contributed by atoms with Gasteiger partial charge in [-0.25, -0.2) is 13.1 Å². The summed E-state index contributed by atoms with van der Waals surface area (Å²) in [4.78, 5) is 12.3. The molecular weight excluding hydrogens is 302 g/mol. The molecule has 0 saturated heterocycles. The number of hydrogen-bond donors (Lipinski definition) is 1. The van der Waals surface area contributed by atoms with Gasteiger partial charge in [0, 0.05) is 0 Å². The summed E-state index contributed by atoms with van der Waals surface area (Å²) in [6.45, 7) is 1.64. The third kappa shape index (κ3) is 3.65. The van der Waals surface area contributed by atoms with Crippen LogP contribution in [0.3, 0.4) is 0 Å². The average molecular weight is 319 g/mol. The minimum atomic E-state index is -3.86. The van der Waals surface area contributed by atoms with Gasteiger partial charge in [0.05, 0.1) is 17.9 Å². The molecule has 1 atom stereocenters. The summed E-state index contributed by atoms with van der Waals surface area (Å²) in [5.41, 5.74) is 0.681. The van der Waals surface area contributed by atoms with E-state index < -0.39 is 21.8 Å². The van der Waals surface area contributed by atoms with Crippen LogP contribution in [0.25, 0.3) is 0 Å². The largest absolute Gasteiger partial charge is 0.497 e. The van der Waals surface area contributed by atoms with Crippen molar-refractivity contribution in [2.24, 2.45) is 0 Å². The molecule has 22 heavy (non-hydrogen) atoms. The van der Waals surface area contributed by atoms with Gasteiger partial charge in [0.15, 0.2) is 0 Å². The van der Waals surface area contributed by atoms with E-state index in [4.69, 9.17) is 4.74 Å². The minimum absolute atomic E-state index is 0.0567. The Kier molecular flexibility index (Phi) is 4.82. The van der Waals surface area contributed by atoms with Gasteiger partial charge in [-0.05, 0) is 36.8 Å². The van der Waals surface area contributed by atoms with Crippen molar-refractivity contribution in [1.29, 1.82) is 0 Å². The van der Waals surface area contributed by atoms with E-state index in [-0.39, 0.29) is 4.90 Å². The number of benzene rings is 2. The van der Waals surface area contributed by atoms with Crippen LogP contribution in [-0.4, -0.2) is 21.4 Å². The summed E-state index contributed by atoms with van der Waals surface area (Å²) < 4.78 is 31.5. The van der Waals surface area contributed by atoms with Gasteiger partial charge in [-0.3, -0.25) is 4.79 Å². The summed E-state index contributed by atoms with van der Waals surface area (Å²) in [6.07, 6.45) is 0. The molecule has 0 heterocycles. The Morgan fingerprint density at radius 2 is 1.77 bits per heavy atom. The second-order valence-electron chi connectivity index (χ2n) is 4.78. The summed E-state index contributed by atoms with van der Waals surface area (Å²) in [5.74, 6) is -0.589. The smallest absolute Gasteiger partial charge is 0.264 e. The number of methoxy groups -OCH3 is 1. The van der Waals surface area contributed by atoms with Gasteiger partial charge in [0.25, 0.3) is 10.0 Å².